The number of hydrogen-bond acceptors (Lipinski definition) is 1. The van der Waals surface area contributed by atoms with E-state index in [2.05, 4.69) is 6.92 Å². The zero-order valence-electron chi connectivity index (χ0n) is 7.88. The number of unbranched alkanes of at least 4 members (excludes halogenated alkanes) is 1. The van der Waals surface area contributed by atoms with Gasteiger partial charge >= 0.3 is 0 Å². The molecule has 0 heterocycles. The van der Waals surface area contributed by atoms with Crippen LogP contribution in [0.2, 0.25) is 0 Å². The van der Waals surface area contributed by atoms with E-state index in [4.69, 9.17) is 5.11 Å². The molecule has 1 rings (SSSR count). The normalized spacial score (nSPS) is 9.08. The van der Waals surface area contributed by atoms with E-state index in [1.165, 1.54) is 18.4 Å². The van der Waals surface area contributed by atoms with E-state index in [1.54, 1.807) is 12.1 Å². The summed E-state index contributed by atoms with van der Waals surface area (Å²) in [4.78, 5) is 0. The third-order valence-corrected chi connectivity index (χ3v) is 1.76. The molecule has 0 aromatic heterocycles. The van der Waals surface area contributed by atoms with Gasteiger partial charge in [0.1, 0.15) is 5.75 Å². The molecule has 12 heavy (non-hydrogen) atoms. The molecule has 61 valence electrons. The molecule has 0 spiro atoms. The van der Waals surface area contributed by atoms with E-state index >= 15 is 0 Å². The Labute approximate surface area is 96.1 Å². The molecule has 2 heteroatoms. The van der Waals surface area contributed by atoms with Crippen LogP contribution in [0.15, 0.2) is 24.3 Å². The monoisotopic (exact) mass is 173 g/mol. The number of rotatable bonds is 3. The molecule has 0 aliphatic rings. The molecule has 0 unspecified atom stereocenters. The minimum absolute atomic E-state index is 0. The van der Waals surface area contributed by atoms with Crippen LogP contribution in [-0.4, -0.2) is 34.7 Å². The van der Waals surface area contributed by atoms with E-state index < -0.39 is 0 Å². The topological polar surface area (TPSA) is 20.2 Å². The molecule has 0 atom stereocenters. The standard InChI is InChI=1S/C10H14O.Na/c1-2-3-4-9-5-7-10(11)8-6-9;/h5-8,11H,2-4H2,1H3;. The van der Waals surface area contributed by atoms with E-state index in [0.717, 1.165) is 6.42 Å². The van der Waals surface area contributed by atoms with Crippen molar-refractivity contribution in [1.29, 1.82) is 0 Å². The number of benzene rings is 1. The fourth-order valence-electron chi connectivity index (χ4n) is 1.04. The maximum Gasteiger partial charge on any atom is 0.115 e. The quantitative estimate of drug-likeness (QED) is 0.695. The van der Waals surface area contributed by atoms with Crippen LogP contribution in [0.1, 0.15) is 25.3 Å². The SMILES string of the molecule is CCCCc1ccc(O)cc1.[Na]. The van der Waals surface area contributed by atoms with Crippen LogP contribution in [0, 0.1) is 0 Å². The second-order valence-electron chi connectivity index (χ2n) is 2.77. The molecule has 0 amide bonds. The second kappa shape index (κ2) is 6.53. The number of phenols is 1. The zero-order chi connectivity index (χ0) is 8.10. The van der Waals surface area contributed by atoms with Crippen molar-refractivity contribution >= 4 is 29.6 Å². The zero-order valence-corrected chi connectivity index (χ0v) is 9.88. The molecular weight excluding hydrogens is 159 g/mol. The Morgan fingerprint density at radius 1 is 1.17 bits per heavy atom. The average Bonchev–Trinajstić information content (AvgIpc) is 2.04. The summed E-state index contributed by atoms with van der Waals surface area (Å²) in [7, 11) is 0. The Bertz CT molecular complexity index is 206. The van der Waals surface area contributed by atoms with Gasteiger partial charge in [-0.25, -0.2) is 0 Å². The van der Waals surface area contributed by atoms with Crippen molar-refractivity contribution in [3.05, 3.63) is 29.8 Å². The molecule has 0 fully saturated rings. The van der Waals surface area contributed by atoms with Crippen LogP contribution in [0.3, 0.4) is 0 Å². The predicted molar refractivity (Wildman–Crippen MR) is 52.5 cm³/mol. The van der Waals surface area contributed by atoms with Gasteiger partial charge in [-0.1, -0.05) is 25.5 Å². The molecule has 1 aromatic carbocycles. The maximum atomic E-state index is 8.98. The summed E-state index contributed by atoms with van der Waals surface area (Å²) in [5, 5.41) is 8.98. The third-order valence-electron chi connectivity index (χ3n) is 1.76. The first kappa shape index (κ1) is 12.0. The van der Waals surface area contributed by atoms with E-state index in [0.29, 0.717) is 5.75 Å². The Morgan fingerprint density at radius 2 is 1.75 bits per heavy atom. The minimum atomic E-state index is 0. The fraction of sp³-hybridized carbons (Fsp3) is 0.400. The van der Waals surface area contributed by atoms with Gasteiger partial charge in [0, 0.05) is 29.6 Å². The number of aryl methyl sites for hydroxylation is 1. The van der Waals surface area contributed by atoms with Crippen LogP contribution in [-0.2, 0) is 6.42 Å². The van der Waals surface area contributed by atoms with Crippen molar-refractivity contribution in [3.63, 3.8) is 0 Å². The van der Waals surface area contributed by atoms with Gasteiger partial charge in [0.2, 0.25) is 0 Å². The van der Waals surface area contributed by atoms with Gasteiger partial charge in [0.25, 0.3) is 0 Å². The summed E-state index contributed by atoms with van der Waals surface area (Å²) in [5.41, 5.74) is 1.31. The largest absolute Gasteiger partial charge is 0.508 e. The van der Waals surface area contributed by atoms with E-state index in [-0.39, 0.29) is 29.6 Å². The Hall–Kier alpha value is 0.0200. The van der Waals surface area contributed by atoms with Crippen LogP contribution >= 0.6 is 0 Å². The Morgan fingerprint density at radius 3 is 2.25 bits per heavy atom. The summed E-state index contributed by atoms with van der Waals surface area (Å²) in [5.74, 6) is 0.352. The summed E-state index contributed by atoms with van der Waals surface area (Å²) >= 11 is 0. The van der Waals surface area contributed by atoms with Crippen molar-refractivity contribution in [2.75, 3.05) is 0 Å². The molecule has 0 saturated heterocycles. The second-order valence-corrected chi connectivity index (χ2v) is 2.77. The van der Waals surface area contributed by atoms with Crippen LogP contribution in [0.4, 0.5) is 0 Å². The van der Waals surface area contributed by atoms with Gasteiger partial charge in [-0.15, -0.1) is 0 Å². The molecule has 1 aromatic rings. The molecule has 0 saturated carbocycles. The van der Waals surface area contributed by atoms with Gasteiger partial charge in [0.15, 0.2) is 0 Å². The number of aromatic hydroxyl groups is 1. The summed E-state index contributed by atoms with van der Waals surface area (Å²) in [6.07, 6.45) is 3.57. The fourth-order valence-corrected chi connectivity index (χ4v) is 1.04. The molecule has 0 aliphatic heterocycles. The van der Waals surface area contributed by atoms with Gasteiger partial charge < -0.3 is 5.11 Å². The minimum Gasteiger partial charge on any atom is -0.508 e. The molecular formula is C10H14NaO. The molecule has 0 bridgehead atoms. The van der Waals surface area contributed by atoms with Crippen LogP contribution in [0.25, 0.3) is 0 Å². The van der Waals surface area contributed by atoms with Crippen molar-refractivity contribution < 1.29 is 5.11 Å². The van der Waals surface area contributed by atoms with Crippen molar-refractivity contribution in [2.45, 2.75) is 26.2 Å². The Kier molecular flexibility index (Phi) is 6.54. The van der Waals surface area contributed by atoms with Gasteiger partial charge in [-0.05, 0) is 30.5 Å². The maximum absolute atomic E-state index is 8.98. The van der Waals surface area contributed by atoms with Crippen molar-refractivity contribution in [1.82, 2.24) is 0 Å². The number of phenolic OH excluding ortho intramolecular Hbond substituents is 1. The molecule has 1 N–H and O–H groups in total. The van der Waals surface area contributed by atoms with Gasteiger partial charge in [-0.3, -0.25) is 0 Å². The first-order valence-electron chi connectivity index (χ1n) is 4.11. The Balaban J connectivity index is 0.00000121. The van der Waals surface area contributed by atoms with Crippen LogP contribution < -0.4 is 0 Å². The first-order chi connectivity index (χ1) is 5.33. The third kappa shape index (κ3) is 4.15. The predicted octanol–water partition coefficient (Wildman–Crippen LogP) is 2.35. The molecule has 0 aliphatic carbocycles. The summed E-state index contributed by atoms with van der Waals surface area (Å²) in [6.45, 7) is 2.18. The van der Waals surface area contributed by atoms with E-state index in [9.17, 15) is 0 Å². The van der Waals surface area contributed by atoms with Crippen molar-refractivity contribution in [3.8, 4) is 5.75 Å². The first-order valence-corrected chi connectivity index (χ1v) is 4.11. The molecule has 1 radical (unpaired) electrons. The smallest absolute Gasteiger partial charge is 0.115 e. The summed E-state index contributed by atoms with van der Waals surface area (Å²) in [6, 6.07) is 7.44. The number of hydrogen-bond donors (Lipinski definition) is 1. The average molecular weight is 173 g/mol. The van der Waals surface area contributed by atoms with Gasteiger partial charge in [0.05, 0.1) is 0 Å². The van der Waals surface area contributed by atoms with E-state index in [1.807, 2.05) is 12.1 Å². The molecule has 1 nitrogen and oxygen atoms in total. The van der Waals surface area contributed by atoms with Crippen LogP contribution in [0.5, 0.6) is 5.75 Å². The summed E-state index contributed by atoms with van der Waals surface area (Å²) < 4.78 is 0. The van der Waals surface area contributed by atoms with Crippen molar-refractivity contribution in [2.24, 2.45) is 0 Å². The van der Waals surface area contributed by atoms with Gasteiger partial charge in [-0.2, -0.15) is 0 Å².